The number of dihydropyridines is 1. The molecule has 1 aromatic heterocycles. The molecular formula is C15H12Br2F6N2O3. The van der Waals surface area contributed by atoms with E-state index < -0.39 is 33.8 Å². The van der Waals surface area contributed by atoms with E-state index in [0.717, 1.165) is 25.4 Å². The summed E-state index contributed by atoms with van der Waals surface area (Å²) in [4.78, 5) is 18.2. The van der Waals surface area contributed by atoms with E-state index in [1.165, 1.54) is 7.11 Å². The van der Waals surface area contributed by atoms with Crippen molar-refractivity contribution in [2.24, 2.45) is 4.99 Å². The quantitative estimate of drug-likeness (QED) is 0.308. The number of aromatic nitrogens is 1. The van der Waals surface area contributed by atoms with Crippen molar-refractivity contribution in [3.8, 4) is 5.88 Å². The minimum absolute atomic E-state index is 0.112. The highest BCUT2D eigenvalue weighted by atomic mass is 79.9. The Balaban J connectivity index is 0.000000283. The van der Waals surface area contributed by atoms with Crippen LogP contribution in [0.25, 0.3) is 0 Å². The van der Waals surface area contributed by atoms with Crippen molar-refractivity contribution >= 4 is 44.0 Å². The smallest absolute Gasteiger partial charge is 0.417 e. The van der Waals surface area contributed by atoms with E-state index in [0.29, 0.717) is 6.21 Å². The van der Waals surface area contributed by atoms with Crippen LogP contribution < -0.4 is 4.74 Å². The van der Waals surface area contributed by atoms with E-state index in [1.54, 1.807) is 0 Å². The normalized spacial score (nSPS) is 19.3. The van der Waals surface area contributed by atoms with Crippen LogP contribution in [-0.2, 0) is 15.7 Å². The van der Waals surface area contributed by atoms with Crippen LogP contribution in [0.5, 0.6) is 5.88 Å². The second-order valence-electron chi connectivity index (χ2n) is 5.13. The van der Waals surface area contributed by atoms with Gasteiger partial charge in [-0.1, -0.05) is 15.9 Å². The molecule has 2 heterocycles. The van der Waals surface area contributed by atoms with E-state index in [4.69, 9.17) is 0 Å². The third kappa shape index (κ3) is 6.47. The third-order valence-electron chi connectivity index (χ3n) is 3.12. The summed E-state index contributed by atoms with van der Waals surface area (Å²) >= 11 is 5.80. The molecule has 28 heavy (non-hydrogen) atoms. The number of methoxy groups -OCH3 is 2. The van der Waals surface area contributed by atoms with Crippen molar-refractivity contribution in [3.63, 3.8) is 0 Å². The molecule has 1 aliphatic heterocycles. The summed E-state index contributed by atoms with van der Waals surface area (Å²) in [5, 5.41) is 0. The molecule has 0 fully saturated rings. The van der Waals surface area contributed by atoms with Crippen LogP contribution in [0.3, 0.4) is 0 Å². The Labute approximate surface area is 172 Å². The molecule has 0 aromatic carbocycles. The first-order valence-corrected chi connectivity index (χ1v) is 8.67. The Morgan fingerprint density at radius 3 is 2.21 bits per heavy atom. The molecular weight excluding hydrogens is 530 g/mol. The van der Waals surface area contributed by atoms with Gasteiger partial charge in [-0.15, -0.1) is 0 Å². The first-order valence-electron chi connectivity index (χ1n) is 7.08. The van der Waals surface area contributed by atoms with E-state index >= 15 is 0 Å². The average molecular weight is 542 g/mol. The van der Waals surface area contributed by atoms with Crippen LogP contribution in [0.4, 0.5) is 26.3 Å². The zero-order chi connectivity index (χ0) is 21.8. The van der Waals surface area contributed by atoms with Gasteiger partial charge in [-0.25, -0.2) is 4.98 Å². The van der Waals surface area contributed by atoms with Crippen molar-refractivity contribution in [2.45, 2.75) is 16.7 Å². The molecule has 156 valence electrons. The molecule has 0 bridgehead atoms. The molecule has 5 nitrogen and oxygen atoms in total. The first kappa shape index (κ1) is 24.4. The Morgan fingerprint density at radius 2 is 1.79 bits per heavy atom. The highest BCUT2D eigenvalue weighted by Gasteiger charge is 2.42. The lowest BCUT2D eigenvalue weighted by atomic mass is 10.0. The van der Waals surface area contributed by atoms with Crippen LogP contribution in [0.15, 0.2) is 33.4 Å². The van der Waals surface area contributed by atoms with Gasteiger partial charge >= 0.3 is 18.3 Å². The van der Waals surface area contributed by atoms with Crippen LogP contribution >= 0.6 is 31.9 Å². The number of rotatable bonds is 2. The molecule has 1 aliphatic rings. The summed E-state index contributed by atoms with van der Waals surface area (Å²) < 4.78 is 81.0. The van der Waals surface area contributed by atoms with Gasteiger partial charge in [-0.3, -0.25) is 9.79 Å². The van der Waals surface area contributed by atoms with Crippen molar-refractivity contribution < 1.29 is 40.6 Å². The molecule has 0 radical (unpaired) electrons. The van der Waals surface area contributed by atoms with E-state index in [1.807, 2.05) is 0 Å². The van der Waals surface area contributed by atoms with Gasteiger partial charge in [-0.05, 0) is 28.1 Å². The number of halogens is 8. The summed E-state index contributed by atoms with van der Waals surface area (Å²) in [6.45, 7) is -0.112. The maximum absolute atomic E-state index is 12.3. The van der Waals surface area contributed by atoms with Crippen LogP contribution in [-0.4, -0.2) is 48.4 Å². The Hall–Kier alpha value is -1.63. The van der Waals surface area contributed by atoms with Gasteiger partial charge in [0.2, 0.25) is 5.88 Å². The maximum atomic E-state index is 12.3. The van der Waals surface area contributed by atoms with Gasteiger partial charge < -0.3 is 9.47 Å². The van der Waals surface area contributed by atoms with Crippen LogP contribution in [0.1, 0.15) is 5.56 Å². The number of esters is 1. The molecule has 0 saturated heterocycles. The number of allylic oxidation sites excluding steroid dienone is 1. The van der Waals surface area contributed by atoms with E-state index in [2.05, 4.69) is 51.3 Å². The van der Waals surface area contributed by atoms with Crippen LogP contribution in [0, 0.1) is 0 Å². The molecule has 0 N–H and O–H groups in total. The van der Waals surface area contributed by atoms with Crippen molar-refractivity contribution in [2.75, 3.05) is 20.8 Å². The molecule has 0 amide bonds. The molecule has 1 atom stereocenters. The highest BCUT2D eigenvalue weighted by Crippen LogP contribution is 2.34. The SMILES string of the molecule is COC(=O)C1(Br)C=C(C(F)(F)F)C=NC1.COc1ncc(C(F)(F)F)cc1Br. The molecule has 0 spiro atoms. The predicted molar refractivity (Wildman–Crippen MR) is 94.7 cm³/mol. The minimum Gasteiger partial charge on any atom is -0.480 e. The second kappa shape index (κ2) is 9.25. The summed E-state index contributed by atoms with van der Waals surface area (Å²) in [6, 6.07) is 0.922. The van der Waals surface area contributed by atoms with E-state index in [9.17, 15) is 31.1 Å². The van der Waals surface area contributed by atoms with Crippen molar-refractivity contribution in [1.82, 2.24) is 4.98 Å². The molecule has 13 heteroatoms. The average Bonchev–Trinajstić information content (AvgIpc) is 2.60. The Kier molecular flexibility index (Phi) is 8.06. The lowest BCUT2D eigenvalue weighted by Gasteiger charge is -2.23. The summed E-state index contributed by atoms with van der Waals surface area (Å²) in [6.07, 6.45) is -6.70. The Morgan fingerprint density at radius 1 is 1.18 bits per heavy atom. The summed E-state index contributed by atoms with van der Waals surface area (Å²) in [5.74, 6) is -0.672. The fourth-order valence-corrected chi connectivity index (χ4v) is 2.85. The van der Waals surface area contributed by atoms with Gasteiger partial charge in [0.15, 0.2) is 4.32 Å². The topological polar surface area (TPSA) is 60.8 Å². The molecule has 1 unspecified atom stereocenters. The fourth-order valence-electron chi connectivity index (χ4n) is 1.79. The van der Waals surface area contributed by atoms with Gasteiger partial charge in [0, 0.05) is 12.4 Å². The van der Waals surface area contributed by atoms with Gasteiger partial charge in [0.05, 0.1) is 36.4 Å². The lowest BCUT2D eigenvalue weighted by Crippen LogP contribution is -2.38. The number of carbonyl (C=O) groups is 1. The number of pyridine rings is 1. The summed E-state index contributed by atoms with van der Waals surface area (Å²) in [7, 11) is 2.44. The zero-order valence-electron chi connectivity index (χ0n) is 14.2. The third-order valence-corrected chi connectivity index (χ3v) is 4.49. The van der Waals surface area contributed by atoms with Crippen molar-refractivity contribution in [1.29, 1.82) is 0 Å². The zero-order valence-corrected chi connectivity index (χ0v) is 17.3. The number of nitrogens with zero attached hydrogens (tertiary/aromatic N) is 2. The minimum atomic E-state index is -4.52. The number of hydrogen-bond donors (Lipinski definition) is 0. The highest BCUT2D eigenvalue weighted by molar-refractivity contribution is 9.10. The predicted octanol–water partition coefficient (Wildman–Crippen LogP) is 4.74. The number of alkyl halides is 7. The first-order chi connectivity index (χ1) is 12.7. The monoisotopic (exact) mass is 540 g/mol. The standard InChI is InChI=1S/C8H7BrF3NO2.C7H5BrF3NO/c1-15-6(14)7(9)2-5(3-13-4-7)8(10,11)12;1-13-6-5(8)2-4(3-12-6)7(9,10)11/h2-3H,4H2,1H3;2-3H,1H3. The number of hydrogen-bond acceptors (Lipinski definition) is 5. The largest absolute Gasteiger partial charge is 0.480 e. The second-order valence-corrected chi connectivity index (χ2v) is 7.40. The van der Waals surface area contributed by atoms with Crippen molar-refractivity contribution in [3.05, 3.63) is 33.9 Å². The van der Waals surface area contributed by atoms with E-state index in [-0.39, 0.29) is 16.9 Å². The fraction of sp³-hybridized carbons (Fsp3) is 0.400. The Bertz CT molecular complexity index is 780. The summed E-state index contributed by atoms with van der Waals surface area (Å²) in [5.41, 5.74) is -1.77. The maximum Gasteiger partial charge on any atom is 0.417 e. The number of ether oxygens (including phenoxy) is 2. The lowest BCUT2D eigenvalue weighted by molar-refractivity contribution is -0.142. The van der Waals surface area contributed by atoms with Crippen LogP contribution in [0.2, 0.25) is 0 Å². The van der Waals surface area contributed by atoms with Gasteiger partial charge in [0.1, 0.15) is 0 Å². The molecule has 2 rings (SSSR count). The number of carbonyl (C=O) groups excluding carboxylic acids is 1. The molecule has 1 aromatic rings. The van der Waals surface area contributed by atoms with Gasteiger partial charge in [0.25, 0.3) is 0 Å². The molecule has 0 saturated carbocycles. The van der Waals surface area contributed by atoms with Gasteiger partial charge in [-0.2, -0.15) is 26.3 Å². The number of aliphatic imine (C=N–C) groups is 1. The molecule has 0 aliphatic carbocycles.